The number of ether oxygens (including phenoxy) is 2. The van der Waals surface area contributed by atoms with Crippen molar-refractivity contribution in [1.82, 2.24) is 24.8 Å². The number of carboxylic acid groups (broad SMARTS) is 1. The van der Waals surface area contributed by atoms with Crippen LogP contribution in [0.5, 0.6) is 11.6 Å². The number of carbonyl (C=O) groups is 5. The summed E-state index contributed by atoms with van der Waals surface area (Å²) in [6.45, 7) is 5.98. The van der Waals surface area contributed by atoms with Gasteiger partial charge in [-0.1, -0.05) is 50.6 Å². The minimum absolute atomic E-state index is 0.0109. The van der Waals surface area contributed by atoms with E-state index in [-0.39, 0.29) is 48.3 Å². The number of hydrogen-bond acceptors (Lipinski definition) is 10. The first-order chi connectivity index (χ1) is 31.9. The van der Waals surface area contributed by atoms with E-state index in [0.717, 1.165) is 4.90 Å². The molecule has 1 aromatic heterocycles. The number of pyridine rings is 1. The number of sulfonamides is 1. The van der Waals surface area contributed by atoms with E-state index in [4.69, 9.17) is 9.47 Å². The molecule has 0 spiro atoms. The topological polar surface area (TPSA) is 205 Å². The molecule has 7 atom stereocenters. The number of hydrogen-bond donors (Lipinski definition) is 3. The molecule has 2 saturated carbocycles. The minimum atomic E-state index is -5.13. The summed E-state index contributed by atoms with van der Waals surface area (Å²) in [5.74, 6) is -4.67. The van der Waals surface area contributed by atoms with Gasteiger partial charge in [0, 0.05) is 35.7 Å². The van der Waals surface area contributed by atoms with E-state index in [9.17, 15) is 45.9 Å². The van der Waals surface area contributed by atoms with Crippen molar-refractivity contribution in [2.45, 2.75) is 126 Å². The van der Waals surface area contributed by atoms with E-state index in [1.165, 1.54) is 25.1 Å². The lowest BCUT2D eigenvalue weighted by Crippen LogP contribution is -2.66. The zero-order chi connectivity index (χ0) is 49.7. The molecular formula is C48H59F3N6O10S. The number of amides is 5. The van der Waals surface area contributed by atoms with Gasteiger partial charge in [-0.2, -0.15) is 13.2 Å². The van der Waals surface area contributed by atoms with Gasteiger partial charge in [0.15, 0.2) is 0 Å². The maximum atomic E-state index is 15.4. The second kappa shape index (κ2) is 18.5. The number of aromatic nitrogens is 1. The lowest BCUT2D eigenvalue weighted by atomic mass is 9.82. The van der Waals surface area contributed by atoms with E-state index in [1.54, 1.807) is 74.7 Å². The highest BCUT2D eigenvalue weighted by Gasteiger charge is 2.64. The van der Waals surface area contributed by atoms with Crippen LogP contribution in [-0.4, -0.2) is 119 Å². The molecule has 3 N–H and O–H groups in total. The number of anilines is 1. The van der Waals surface area contributed by atoms with Gasteiger partial charge in [0.05, 0.1) is 30.3 Å². The van der Waals surface area contributed by atoms with Crippen molar-refractivity contribution in [3.8, 4) is 11.6 Å². The Labute approximate surface area is 393 Å². The van der Waals surface area contributed by atoms with Gasteiger partial charge in [0.1, 0.15) is 35.0 Å². The fourth-order valence-corrected chi connectivity index (χ4v) is 10.8. The molecule has 5 amide bonds. The summed E-state index contributed by atoms with van der Waals surface area (Å²) in [4.78, 5) is 78.3. The summed E-state index contributed by atoms with van der Waals surface area (Å²) in [6, 6.07) is 10.1. The zero-order valence-electron chi connectivity index (χ0n) is 39.1. The molecule has 2 aliphatic carbocycles. The number of rotatable bonds is 11. The van der Waals surface area contributed by atoms with Gasteiger partial charge in [-0.25, -0.2) is 18.2 Å². The fraction of sp³-hybridized carbons (Fsp3) is 0.542. The third-order valence-corrected chi connectivity index (χ3v) is 16.5. The molecule has 1 saturated heterocycles. The van der Waals surface area contributed by atoms with Crippen LogP contribution in [0.3, 0.4) is 0 Å². The van der Waals surface area contributed by atoms with E-state index in [2.05, 4.69) is 15.0 Å². The standard InChI is InChI=1S/C48H59F3N6O10S/c1-8-29-22-28(2)14-12-13-17-31-25-47(31,43(61)54-68(64,65)46(5)20-21-46)53-39(58)36-24-33(27-56(36)42(60)38(29)57(44(62)63)45(3,4)48(49,50)51)67-40-34-19-18-32(66-7)23-35(34)37(26-52-40)55(6)41(59)30-15-10-9-11-16-30/h9-11,13,15-19,23,26,28-29,31,33,36,38H,8,12,14,20-22,24-25,27H2,1-7H3,(H,53,58)(H,54,61)(H,62,63)/t28-,29-,31-,33-,36+,38+,47-/m1/s1. The van der Waals surface area contributed by atoms with E-state index in [1.807, 2.05) is 6.92 Å². The van der Waals surface area contributed by atoms with Crippen molar-refractivity contribution in [3.05, 3.63) is 72.4 Å². The first-order valence-electron chi connectivity index (χ1n) is 22.8. The summed E-state index contributed by atoms with van der Waals surface area (Å²) in [5.41, 5.74) is -4.05. The SMILES string of the molecule is CC[C@@H]1C[C@H](C)CCC=C[C@@H]2C[C@@]2(C(=O)NS(=O)(=O)C2(C)CC2)NC(=O)[C@@H]2C[C@@H](Oc3ncc(N(C)C(=O)c4ccccc4)c4cc(OC)ccc34)CN2C(=O)[C@H]1N(C(=O)O)C(C)(C)C(F)(F)F. The van der Waals surface area contributed by atoms with E-state index < -0.39 is 92.4 Å². The Morgan fingerprint density at radius 3 is 2.37 bits per heavy atom. The van der Waals surface area contributed by atoms with Crippen molar-refractivity contribution < 1.29 is 60.1 Å². The molecule has 0 bridgehead atoms. The van der Waals surface area contributed by atoms with Crippen LogP contribution >= 0.6 is 0 Å². The number of benzene rings is 2. The quantitative estimate of drug-likeness (QED) is 0.170. The molecule has 0 radical (unpaired) electrons. The molecular weight excluding hydrogens is 910 g/mol. The third kappa shape index (κ3) is 9.44. The van der Waals surface area contributed by atoms with Crippen LogP contribution in [0.4, 0.5) is 23.7 Å². The Balaban J connectivity index is 1.31. The maximum Gasteiger partial charge on any atom is 0.411 e. The van der Waals surface area contributed by atoms with Crippen LogP contribution in [0.25, 0.3) is 10.8 Å². The van der Waals surface area contributed by atoms with Crippen LogP contribution in [0.2, 0.25) is 0 Å². The number of methoxy groups -OCH3 is 1. The Bertz CT molecular complexity index is 2610. The first kappa shape index (κ1) is 50.0. The number of allylic oxidation sites excluding steroid dienone is 1. The van der Waals surface area contributed by atoms with Crippen LogP contribution < -0.4 is 24.4 Å². The highest BCUT2D eigenvalue weighted by Crippen LogP contribution is 2.48. The number of carbonyl (C=O) groups excluding carboxylic acids is 4. The van der Waals surface area contributed by atoms with Crippen LogP contribution in [0.15, 0.2) is 66.9 Å². The molecule has 2 aliphatic heterocycles. The van der Waals surface area contributed by atoms with E-state index >= 15 is 4.79 Å². The summed E-state index contributed by atoms with van der Waals surface area (Å²) in [7, 11) is -1.12. The molecule has 3 heterocycles. The van der Waals surface area contributed by atoms with Gasteiger partial charge in [0.2, 0.25) is 27.7 Å². The number of nitrogens with zero attached hydrogens (tertiary/aromatic N) is 4. The van der Waals surface area contributed by atoms with Crippen molar-refractivity contribution in [1.29, 1.82) is 0 Å². The molecule has 3 fully saturated rings. The summed E-state index contributed by atoms with van der Waals surface area (Å²) >= 11 is 0. The average Bonchev–Trinajstić information content (AvgIpc) is 4.17. The second-order valence-electron chi connectivity index (χ2n) is 19.4. The first-order valence-corrected chi connectivity index (χ1v) is 24.3. The predicted molar refractivity (Wildman–Crippen MR) is 245 cm³/mol. The highest BCUT2D eigenvalue weighted by molar-refractivity contribution is 7.91. The predicted octanol–water partition coefficient (Wildman–Crippen LogP) is 6.83. The van der Waals surface area contributed by atoms with E-state index in [0.29, 0.717) is 67.3 Å². The van der Waals surface area contributed by atoms with Crippen molar-refractivity contribution in [3.63, 3.8) is 0 Å². The smallest absolute Gasteiger partial charge is 0.411 e. The Morgan fingerprint density at radius 2 is 1.75 bits per heavy atom. The zero-order valence-corrected chi connectivity index (χ0v) is 39.9. The number of fused-ring (bicyclic) bond motifs is 3. The molecule has 0 unspecified atom stereocenters. The lowest BCUT2D eigenvalue weighted by molar-refractivity contribution is -0.222. The Morgan fingerprint density at radius 1 is 1.06 bits per heavy atom. The Hall–Kier alpha value is -5.92. The van der Waals surface area contributed by atoms with Gasteiger partial charge < -0.3 is 29.7 Å². The molecule has 7 rings (SSSR count). The minimum Gasteiger partial charge on any atom is -0.497 e. The molecule has 368 valence electrons. The summed E-state index contributed by atoms with van der Waals surface area (Å²) < 4.78 is 84.6. The molecule has 3 aromatic rings. The summed E-state index contributed by atoms with van der Waals surface area (Å²) in [5, 5.41) is 14.3. The molecule has 20 heteroatoms. The third-order valence-electron chi connectivity index (χ3n) is 14.4. The van der Waals surface area contributed by atoms with Gasteiger partial charge in [-0.05, 0) is 101 Å². The number of nitrogens with one attached hydrogen (secondary N) is 2. The molecule has 4 aliphatic rings. The van der Waals surface area contributed by atoms with Crippen molar-refractivity contribution in [2.75, 3.05) is 25.6 Å². The molecule has 16 nitrogen and oxygen atoms in total. The summed E-state index contributed by atoms with van der Waals surface area (Å²) in [6.07, 6.45) is -1.70. The van der Waals surface area contributed by atoms with Gasteiger partial charge in [-0.15, -0.1) is 0 Å². The van der Waals surface area contributed by atoms with Crippen molar-refractivity contribution >= 4 is 56.2 Å². The number of halogens is 3. The second-order valence-corrected chi connectivity index (χ2v) is 21.6. The normalized spacial score (nSPS) is 26.3. The van der Waals surface area contributed by atoms with Gasteiger partial charge in [-0.3, -0.25) is 28.8 Å². The monoisotopic (exact) mass is 968 g/mol. The largest absolute Gasteiger partial charge is 0.497 e. The van der Waals surface area contributed by atoms with Gasteiger partial charge in [0.25, 0.3) is 11.8 Å². The Kier molecular flexibility index (Phi) is 13.6. The van der Waals surface area contributed by atoms with Crippen LogP contribution in [-0.2, 0) is 24.4 Å². The maximum absolute atomic E-state index is 15.4. The molecule has 68 heavy (non-hydrogen) atoms. The highest BCUT2D eigenvalue weighted by atomic mass is 32.2. The van der Waals surface area contributed by atoms with Crippen LogP contribution in [0.1, 0.15) is 96.3 Å². The fourth-order valence-electron chi connectivity index (χ4n) is 9.48. The molecule has 2 aromatic carbocycles. The average molecular weight is 969 g/mol. The lowest BCUT2D eigenvalue weighted by Gasteiger charge is -2.46. The van der Waals surface area contributed by atoms with Gasteiger partial charge >= 0.3 is 12.3 Å². The number of alkyl halides is 3. The van der Waals surface area contributed by atoms with Crippen molar-refractivity contribution in [2.24, 2.45) is 17.8 Å². The van der Waals surface area contributed by atoms with Crippen LogP contribution in [0, 0.1) is 17.8 Å².